The number of nitrogens with one attached hydrogen (secondary N) is 13. The number of amides is 12. The van der Waals surface area contributed by atoms with Crippen LogP contribution in [0.4, 0.5) is 0 Å². The van der Waals surface area contributed by atoms with Gasteiger partial charge < -0.3 is 100 Å². The molecule has 0 saturated heterocycles. The number of carbonyl (C=O) groups excluding carboxylic acids is 12. The molecule has 558 valence electrons. The molecule has 0 fully saturated rings. The van der Waals surface area contributed by atoms with E-state index in [1.165, 1.54) is 92.6 Å². The number of hydrogen-bond donors (Lipinski definition) is 19. The maximum absolute atomic E-state index is 14.5. The standard InChI is InChI=1S/C69H95N17O17/c1-34(2)22-48(61(94)79-50(25-41-14-20-46(89)21-15-41)64(97)86-58(37(7)8)68(101)82-51(26-42-29-72-32-75-42)63(96)83-53(69(102)103)27-43-30-73-33-76-43)78-55(91)31-74-59(92)38(9)77-66(99)56(35(3)4)85-65(98)52(28-54(71)90)80-62(95)49(24-40-12-18-45(88)19-13-40)81-67(100)57(36(5)6)84-60(93)47(70)23-39-10-16-44(87)17-11-39/h10-21,29-30,32-38,47-53,56-58,87-89H,22-28,31,70H2,1-9H3,(H2,71,90)(H,72,75)(H,73,76)(H,74,92)(H,77,99)(H,78,91)(H,79,94)(H,80,95)(H,81,100)(H,82,101)(H,83,96)(H,84,93)(H,85,98)(H,86,97)(H,102,103)/t38-,47-,48-,49-,50-,51-,52-,53-,56-,57-,58-/m0/s1. The average Bonchev–Trinajstić information content (AvgIpc) is 1.17. The lowest BCUT2D eigenvalue weighted by molar-refractivity contribution is -0.142. The fourth-order valence-electron chi connectivity index (χ4n) is 10.5. The quantitative estimate of drug-likeness (QED) is 0.0203. The molecule has 21 N–H and O–H groups in total. The number of phenolic OH excluding ortho intramolecular Hbond substituents is 3. The largest absolute Gasteiger partial charge is 0.508 e. The van der Waals surface area contributed by atoms with Gasteiger partial charge in [0.2, 0.25) is 70.9 Å². The van der Waals surface area contributed by atoms with E-state index in [-0.39, 0.29) is 61.7 Å². The number of phenols is 3. The molecule has 12 amide bonds. The van der Waals surface area contributed by atoms with E-state index < -0.39 is 174 Å². The average molecular weight is 1430 g/mol. The van der Waals surface area contributed by atoms with Gasteiger partial charge in [0.15, 0.2) is 0 Å². The minimum atomic E-state index is -1.76. The molecule has 103 heavy (non-hydrogen) atoms. The van der Waals surface area contributed by atoms with Crippen molar-refractivity contribution in [3.8, 4) is 17.2 Å². The van der Waals surface area contributed by atoms with Gasteiger partial charge in [-0.05, 0) is 96.5 Å². The summed E-state index contributed by atoms with van der Waals surface area (Å²) < 4.78 is 0. The topological polar surface area (TPSA) is 545 Å². The molecule has 0 radical (unpaired) electrons. The van der Waals surface area contributed by atoms with Gasteiger partial charge in [0, 0.05) is 38.1 Å². The van der Waals surface area contributed by atoms with Crippen LogP contribution in [0, 0.1) is 23.7 Å². The Labute approximate surface area is 594 Å². The Morgan fingerprint density at radius 2 is 0.757 bits per heavy atom. The zero-order valence-corrected chi connectivity index (χ0v) is 58.7. The number of aromatic amines is 2. The van der Waals surface area contributed by atoms with Gasteiger partial charge in [-0.2, -0.15) is 0 Å². The van der Waals surface area contributed by atoms with Gasteiger partial charge in [-0.25, -0.2) is 14.8 Å². The summed E-state index contributed by atoms with van der Waals surface area (Å²) in [5.74, 6) is -14.7. The van der Waals surface area contributed by atoms with Gasteiger partial charge in [-0.1, -0.05) is 91.8 Å². The first kappa shape index (κ1) is 82.2. The fourth-order valence-corrected chi connectivity index (χ4v) is 10.5. The van der Waals surface area contributed by atoms with Crippen LogP contribution < -0.4 is 70.0 Å². The third-order valence-corrected chi connectivity index (χ3v) is 16.2. The number of rotatable bonds is 40. The van der Waals surface area contributed by atoms with Crippen molar-refractivity contribution >= 4 is 76.9 Å². The van der Waals surface area contributed by atoms with Gasteiger partial charge >= 0.3 is 5.97 Å². The molecule has 0 unspecified atom stereocenters. The van der Waals surface area contributed by atoms with Crippen LogP contribution in [-0.2, 0) is 94.4 Å². The Morgan fingerprint density at radius 3 is 1.16 bits per heavy atom. The number of aromatic hydroxyl groups is 3. The maximum atomic E-state index is 14.5. The highest BCUT2D eigenvalue weighted by Gasteiger charge is 2.38. The number of aliphatic carboxylic acids is 1. The fraction of sp³-hybridized carbons (Fsp3) is 0.464. The molecule has 0 aliphatic heterocycles. The number of carboxylic acid groups (broad SMARTS) is 1. The number of carboxylic acids is 1. The summed E-state index contributed by atoms with van der Waals surface area (Å²) in [5.41, 5.74) is 13.9. The smallest absolute Gasteiger partial charge is 0.326 e. The zero-order valence-electron chi connectivity index (χ0n) is 58.7. The lowest BCUT2D eigenvalue weighted by Gasteiger charge is -2.29. The molecule has 34 nitrogen and oxygen atoms in total. The Balaban J connectivity index is 1.24. The van der Waals surface area contributed by atoms with Crippen molar-refractivity contribution in [1.29, 1.82) is 0 Å². The van der Waals surface area contributed by atoms with Crippen molar-refractivity contribution in [2.45, 2.75) is 174 Å². The summed E-state index contributed by atoms with van der Waals surface area (Å²) in [7, 11) is 0. The highest BCUT2D eigenvalue weighted by atomic mass is 16.4. The first-order chi connectivity index (χ1) is 48.6. The molecule has 5 aromatic rings. The molecule has 34 heteroatoms. The molecule has 0 aliphatic carbocycles. The number of nitrogens with zero attached hydrogens (tertiary/aromatic N) is 2. The van der Waals surface area contributed by atoms with Gasteiger partial charge in [0.05, 0.1) is 43.0 Å². The predicted octanol–water partition coefficient (Wildman–Crippen LogP) is -1.95. The number of hydrogen-bond acceptors (Lipinski definition) is 19. The number of imidazole rings is 2. The predicted molar refractivity (Wildman–Crippen MR) is 371 cm³/mol. The van der Waals surface area contributed by atoms with E-state index >= 15 is 0 Å². The van der Waals surface area contributed by atoms with Crippen LogP contribution in [0.15, 0.2) is 97.8 Å². The van der Waals surface area contributed by atoms with Crippen LogP contribution in [0.25, 0.3) is 0 Å². The van der Waals surface area contributed by atoms with Crippen molar-refractivity contribution in [1.82, 2.24) is 78.4 Å². The van der Waals surface area contributed by atoms with Crippen molar-refractivity contribution < 1.29 is 82.8 Å². The molecule has 2 aromatic heterocycles. The summed E-state index contributed by atoms with van der Waals surface area (Å²) in [4.78, 5) is 192. The monoisotopic (exact) mass is 1430 g/mol. The van der Waals surface area contributed by atoms with Crippen molar-refractivity contribution in [3.63, 3.8) is 0 Å². The summed E-state index contributed by atoms with van der Waals surface area (Å²) in [6, 6.07) is 1.71. The summed E-state index contributed by atoms with van der Waals surface area (Å²) >= 11 is 0. The first-order valence-electron chi connectivity index (χ1n) is 33.4. The van der Waals surface area contributed by atoms with Crippen LogP contribution in [0.5, 0.6) is 17.2 Å². The Morgan fingerprint density at radius 1 is 0.408 bits per heavy atom. The van der Waals surface area contributed by atoms with Gasteiger partial charge in [0.1, 0.15) is 77.7 Å². The minimum Gasteiger partial charge on any atom is -0.508 e. The highest BCUT2D eigenvalue weighted by molar-refractivity contribution is 6.00. The normalized spacial score (nSPS) is 14.5. The molecule has 5 rings (SSSR count). The van der Waals surface area contributed by atoms with E-state index in [4.69, 9.17) is 11.5 Å². The molecule has 0 aliphatic rings. The van der Waals surface area contributed by atoms with Crippen LogP contribution in [-0.4, -0.2) is 190 Å². The lowest BCUT2D eigenvalue weighted by atomic mass is 9.99. The van der Waals surface area contributed by atoms with Crippen LogP contribution >= 0.6 is 0 Å². The number of nitrogens with two attached hydrogens (primary N) is 2. The third-order valence-electron chi connectivity index (χ3n) is 16.2. The summed E-state index contributed by atoms with van der Waals surface area (Å²) in [6.07, 6.45) is 3.97. The molecular weight excluding hydrogens is 1340 g/mol. The van der Waals surface area contributed by atoms with E-state index in [0.717, 1.165) is 0 Å². The maximum Gasteiger partial charge on any atom is 0.326 e. The van der Waals surface area contributed by atoms with Crippen LogP contribution in [0.2, 0.25) is 0 Å². The Hall–Kier alpha value is -11.4. The van der Waals surface area contributed by atoms with E-state index in [0.29, 0.717) is 28.1 Å². The second-order valence-corrected chi connectivity index (χ2v) is 26.5. The molecule has 0 bridgehead atoms. The van der Waals surface area contributed by atoms with Crippen molar-refractivity contribution in [3.05, 3.63) is 126 Å². The van der Waals surface area contributed by atoms with E-state index in [2.05, 4.69) is 78.4 Å². The number of H-pyrrole nitrogens is 2. The van der Waals surface area contributed by atoms with Crippen LogP contribution in [0.3, 0.4) is 0 Å². The third kappa shape index (κ3) is 27.2. The van der Waals surface area contributed by atoms with E-state index in [9.17, 15) is 82.8 Å². The van der Waals surface area contributed by atoms with Crippen molar-refractivity contribution in [2.24, 2.45) is 35.1 Å². The molecule has 0 spiro atoms. The SMILES string of the molecule is CC(C)C[C@H](NC(=O)CNC(=O)[C@H](C)NC(=O)[C@@H](NC(=O)[C@H](CC(N)=O)NC(=O)[C@H](Cc1ccc(O)cc1)NC(=O)[C@@H](NC(=O)[C@@H](N)Cc1ccc(O)cc1)C(C)C)C(C)C)C(=O)N[C@@H](Cc1ccc(O)cc1)C(=O)N[C@H](C(=O)N[C@@H](Cc1c[nH]cn1)C(=O)N[C@@H](Cc1c[nH]cn1)C(=O)O)C(C)C. The Kier molecular flexibility index (Phi) is 31.5. The van der Waals surface area contributed by atoms with E-state index in [1.54, 1.807) is 67.5 Å². The van der Waals surface area contributed by atoms with Gasteiger partial charge in [0.25, 0.3) is 0 Å². The minimum absolute atomic E-state index is 0.00349. The molecule has 2 heterocycles. The van der Waals surface area contributed by atoms with Gasteiger partial charge in [-0.3, -0.25) is 57.5 Å². The van der Waals surface area contributed by atoms with Gasteiger partial charge in [-0.15, -0.1) is 0 Å². The van der Waals surface area contributed by atoms with E-state index in [1.807, 2.05) is 0 Å². The summed E-state index contributed by atoms with van der Waals surface area (Å²) in [6.45, 7) is 13.6. The molecular formula is C69H95N17O17. The lowest BCUT2D eigenvalue weighted by Crippen LogP contribution is -2.61. The number of benzene rings is 3. The molecule has 3 aromatic carbocycles. The highest BCUT2D eigenvalue weighted by Crippen LogP contribution is 2.18. The number of primary amides is 1. The summed E-state index contributed by atoms with van der Waals surface area (Å²) in [5, 5.41) is 67.7. The second-order valence-electron chi connectivity index (χ2n) is 26.5. The zero-order chi connectivity index (χ0) is 76.4. The molecule has 11 atom stereocenters. The van der Waals surface area contributed by atoms with Crippen molar-refractivity contribution in [2.75, 3.05) is 6.54 Å². The van der Waals surface area contributed by atoms with Crippen LogP contribution in [0.1, 0.15) is 103 Å². The second kappa shape index (κ2) is 39.5. The Bertz CT molecular complexity index is 3700. The first-order valence-corrected chi connectivity index (χ1v) is 33.4. The number of carbonyl (C=O) groups is 13. The molecule has 0 saturated carbocycles. The number of aromatic nitrogens is 4.